The van der Waals surface area contributed by atoms with Crippen molar-refractivity contribution < 1.29 is 19.7 Å². The van der Waals surface area contributed by atoms with E-state index in [1.807, 2.05) is 30.3 Å². The Labute approximate surface area is 117 Å². The first-order valence-electron chi connectivity index (χ1n) is 6.33. The molecule has 0 radical (unpaired) electrons. The van der Waals surface area contributed by atoms with E-state index in [0.29, 0.717) is 18.2 Å². The molecule has 0 aliphatic carbocycles. The smallest absolute Gasteiger partial charge is 0.213 e. The Bertz CT molecular complexity index is 497. The van der Waals surface area contributed by atoms with E-state index >= 15 is 0 Å². The molecule has 0 atom stereocenters. The van der Waals surface area contributed by atoms with E-state index in [-0.39, 0.29) is 13.2 Å². The van der Waals surface area contributed by atoms with E-state index in [1.165, 1.54) is 0 Å². The molecule has 0 spiro atoms. The number of aliphatic hydroxyl groups is 2. The van der Waals surface area contributed by atoms with Crippen LogP contribution in [0.4, 0.5) is 0 Å². The average Bonchev–Trinajstić information content (AvgIpc) is 2.53. The standard InChI is InChI=1S/C15H17NO4/c17-9-14(10-18)20-15-7-6-13(8-16-15)19-11-12-4-2-1-3-5-12/h1-8,14,17-18H,9-11H2. The van der Waals surface area contributed by atoms with E-state index in [2.05, 4.69) is 4.98 Å². The largest absolute Gasteiger partial charge is 0.487 e. The number of ether oxygens (including phenoxy) is 2. The van der Waals surface area contributed by atoms with Gasteiger partial charge in [0.1, 0.15) is 18.5 Å². The predicted octanol–water partition coefficient (Wildman–Crippen LogP) is 1.39. The Morgan fingerprint density at radius 3 is 2.35 bits per heavy atom. The maximum absolute atomic E-state index is 8.91. The zero-order chi connectivity index (χ0) is 14.2. The van der Waals surface area contributed by atoms with Gasteiger partial charge in [0.05, 0.1) is 19.4 Å². The lowest BCUT2D eigenvalue weighted by Crippen LogP contribution is -2.25. The molecule has 0 amide bonds. The van der Waals surface area contributed by atoms with Gasteiger partial charge in [-0.2, -0.15) is 0 Å². The van der Waals surface area contributed by atoms with E-state index in [9.17, 15) is 0 Å². The van der Waals surface area contributed by atoms with Gasteiger partial charge in [-0.15, -0.1) is 0 Å². The highest BCUT2D eigenvalue weighted by atomic mass is 16.5. The molecule has 5 heteroatoms. The van der Waals surface area contributed by atoms with Crippen molar-refractivity contribution in [2.24, 2.45) is 0 Å². The minimum Gasteiger partial charge on any atom is -0.487 e. The predicted molar refractivity (Wildman–Crippen MR) is 73.6 cm³/mol. The van der Waals surface area contributed by atoms with Crippen molar-refractivity contribution >= 4 is 0 Å². The van der Waals surface area contributed by atoms with E-state index in [4.69, 9.17) is 19.7 Å². The van der Waals surface area contributed by atoms with Crippen molar-refractivity contribution in [3.05, 3.63) is 54.2 Å². The molecule has 0 unspecified atom stereocenters. The number of hydrogen-bond donors (Lipinski definition) is 2. The molecular formula is C15H17NO4. The zero-order valence-corrected chi connectivity index (χ0v) is 11.0. The van der Waals surface area contributed by atoms with Crippen LogP contribution >= 0.6 is 0 Å². The first-order valence-corrected chi connectivity index (χ1v) is 6.33. The van der Waals surface area contributed by atoms with Crippen LogP contribution < -0.4 is 9.47 Å². The molecule has 2 rings (SSSR count). The quantitative estimate of drug-likeness (QED) is 0.799. The number of rotatable bonds is 7. The first-order chi connectivity index (χ1) is 9.81. The maximum Gasteiger partial charge on any atom is 0.213 e. The second kappa shape index (κ2) is 7.47. The summed E-state index contributed by atoms with van der Waals surface area (Å²) in [4.78, 5) is 4.06. The van der Waals surface area contributed by atoms with Gasteiger partial charge >= 0.3 is 0 Å². The number of nitrogens with zero attached hydrogens (tertiary/aromatic N) is 1. The summed E-state index contributed by atoms with van der Waals surface area (Å²) in [5.74, 6) is 0.968. The number of hydrogen-bond acceptors (Lipinski definition) is 5. The minimum atomic E-state index is -0.654. The summed E-state index contributed by atoms with van der Waals surface area (Å²) in [6, 6.07) is 13.2. The van der Waals surface area contributed by atoms with Crippen LogP contribution in [-0.4, -0.2) is 34.5 Å². The average molecular weight is 275 g/mol. The van der Waals surface area contributed by atoms with Crippen molar-refractivity contribution in [1.29, 1.82) is 0 Å². The third kappa shape index (κ3) is 4.22. The first kappa shape index (κ1) is 14.3. The highest BCUT2D eigenvalue weighted by molar-refractivity contribution is 5.24. The third-order valence-corrected chi connectivity index (χ3v) is 2.65. The lowest BCUT2D eigenvalue weighted by Gasteiger charge is -2.13. The molecule has 0 saturated carbocycles. The summed E-state index contributed by atoms with van der Waals surface area (Å²) >= 11 is 0. The molecule has 5 nitrogen and oxygen atoms in total. The van der Waals surface area contributed by atoms with Crippen LogP contribution in [0.1, 0.15) is 5.56 Å². The maximum atomic E-state index is 8.91. The lowest BCUT2D eigenvalue weighted by molar-refractivity contribution is 0.0596. The molecule has 0 bridgehead atoms. The van der Waals surface area contributed by atoms with E-state index < -0.39 is 6.10 Å². The van der Waals surface area contributed by atoms with Gasteiger partial charge < -0.3 is 19.7 Å². The second-order valence-corrected chi connectivity index (χ2v) is 4.21. The molecule has 1 aromatic carbocycles. The summed E-state index contributed by atoms with van der Waals surface area (Å²) in [6.45, 7) is -0.0481. The highest BCUT2D eigenvalue weighted by Gasteiger charge is 2.08. The van der Waals surface area contributed by atoms with Gasteiger partial charge in [0.2, 0.25) is 5.88 Å². The number of pyridine rings is 1. The molecule has 2 aromatic rings. The number of aromatic nitrogens is 1. The Balaban J connectivity index is 1.88. The Morgan fingerprint density at radius 1 is 1.00 bits per heavy atom. The van der Waals surface area contributed by atoms with Crippen molar-refractivity contribution in [3.8, 4) is 11.6 Å². The summed E-state index contributed by atoms with van der Waals surface area (Å²) < 4.78 is 10.9. The third-order valence-electron chi connectivity index (χ3n) is 2.65. The monoisotopic (exact) mass is 275 g/mol. The lowest BCUT2D eigenvalue weighted by atomic mass is 10.2. The van der Waals surface area contributed by atoms with Crippen LogP contribution in [0.5, 0.6) is 11.6 Å². The summed E-state index contributed by atoms with van der Waals surface area (Å²) in [5.41, 5.74) is 1.08. The second-order valence-electron chi connectivity index (χ2n) is 4.21. The van der Waals surface area contributed by atoms with Crippen LogP contribution in [0.25, 0.3) is 0 Å². The van der Waals surface area contributed by atoms with Crippen LogP contribution in [0.3, 0.4) is 0 Å². The summed E-state index contributed by atoms with van der Waals surface area (Å²) in [7, 11) is 0. The fraction of sp³-hybridized carbons (Fsp3) is 0.267. The molecule has 1 aromatic heterocycles. The summed E-state index contributed by atoms with van der Waals surface area (Å²) in [6.07, 6.45) is 0.892. The molecule has 106 valence electrons. The molecule has 20 heavy (non-hydrogen) atoms. The number of aliphatic hydroxyl groups excluding tert-OH is 2. The van der Waals surface area contributed by atoms with Gasteiger partial charge in [-0.3, -0.25) is 0 Å². The SMILES string of the molecule is OCC(CO)Oc1ccc(OCc2ccccc2)cn1. The summed E-state index contributed by atoms with van der Waals surface area (Å²) in [5, 5.41) is 17.8. The molecule has 2 N–H and O–H groups in total. The Kier molecular flexibility index (Phi) is 5.34. The molecule has 1 heterocycles. The van der Waals surface area contributed by atoms with Gasteiger partial charge in [-0.05, 0) is 11.6 Å². The van der Waals surface area contributed by atoms with Crippen molar-refractivity contribution in [2.45, 2.75) is 12.7 Å². The molecule has 0 saturated heterocycles. The van der Waals surface area contributed by atoms with Gasteiger partial charge in [-0.25, -0.2) is 4.98 Å². The highest BCUT2D eigenvalue weighted by Crippen LogP contribution is 2.16. The van der Waals surface area contributed by atoms with Crippen LogP contribution in [0.15, 0.2) is 48.7 Å². The van der Waals surface area contributed by atoms with Crippen LogP contribution in [0.2, 0.25) is 0 Å². The molecule has 0 fully saturated rings. The normalized spacial score (nSPS) is 10.6. The van der Waals surface area contributed by atoms with Gasteiger partial charge in [0, 0.05) is 6.07 Å². The van der Waals surface area contributed by atoms with Crippen molar-refractivity contribution in [3.63, 3.8) is 0 Å². The molecule has 0 aliphatic heterocycles. The van der Waals surface area contributed by atoms with E-state index in [1.54, 1.807) is 18.3 Å². The minimum absolute atomic E-state index is 0.259. The van der Waals surface area contributed by atoms with Gasteiger partial charge in [0.15, 0.2) is 0 Å². The van der Waals surface area contributed by atoms with Gasteiger partial charge in [-0.1, -0.05) is 30.3 Å². The van der Waals surface area contributed by atoms with Crippen molar-refractivity contribution in [2.75, 3.05) is 13.2 Å². The molecule has 0 aliphatic rings. The fourth-order valence-electron chi connectivity index (χ4n) is 1.57. The van der Waals surface area contributed by atoms with Crippen LogP contribution in [0, 0.1) is 0 Å². The fourth-order valence-corrected chi connectivity index (χ4v) is 1.57. The van der Waals surface area contributed by atoms with Crippen LogP contribution in [-0.2, 0) is 6.61 Å². The topological polar surface area (TPSA) is 71.8 Å². The Morgan fingerprint density at radius 2 is 1.75 bits per heavy atom. The number of benzene rings is 1. The zero-order valence-electron chi connectivity index (χ0n) is 11.0. The van der Waals surface area contributed by atoms with Gasteiger partial charge in [0.25, 0.3) is 0 Å². The van der Waals surface area contributed by atoms with Crippen molar-refractivity contribution in [1.82, 2.24) is 4.98 Å². The van der Waals surface area contributed by atoms with E-state index in [0.717, 1.165) is 5.56 Å². The molecular weight excluding hydrogens is 258 g/mol. The Hall–Kier alpha value is -2.11.